The second kappa shape index (κ2) is 6.60. The molecule has 9 heteroatoms. The summed E-state index contributed by atoms with van der Waals surface area (Å²) >= 11 is 0. The Hall–Kier alpha value is -2.05. The predicted octanol–water partition coefficient (Wildman–Crippen LogP) is 1.80. The van der Waals surface area contributed by atoms with E-state index in [0.717, 1.165) is 7.05 Å². The van der Waals surface area contributed by atoms with E-state index in [4.69, 9.17) is 10.00 Å². The molecule has 0 spiro atoms. The first-order valence-corrected chi connectivity index (χ1v) is 7.90. The zero-order valence-corrected chi connectivity index (χ0v) is 13.9. The maximum absolute atomic E-state index is 13.4. The van der Waals surface area contributed by atoms with E-state index < -0.39 is 50.2 Å². The third kappa shape index (κ3) is 4.71. The number of rotatable bonds is 4. The van der Waals surface area contributed by atoms with Crippen LogP contribution >= 0.6 is 0 Å². The van der Waals surface area contributed by atoms with Crippen molar-refractivity contribution < 1.29 is 26.7 Å². The molecule has 0 aliphatic rings. The van der Waals surface area contributed by atoms with Gasteiger partial charge < -0.3 is 4.74 Å². The lowest BCUT2D eigenvalue weighted by Gasteiger charge is -2.22. The molecule has 0 saturated carbocycles. The van der Waals surface area contributed by atoms with Crippen LogP contribution in [0, 0.1) is 23.0 Å². The van der Waals surface area contributed by atoms with Crippen molar-refractivity contribution in [2.24, 2.45) is 0 Å². The Kier molecular flexibility index (Phi) is 5.45. The summed E-state index contributed by atoms with van der Waals surface area (Å²) in [5.41, 5.74) is -1.54. The van der Waals surface area contributed by atoms with Crippen molar-refractivity contribution in [1.82, 2.24) is 4.31 Å². The first-order chi connectivity index (χ1) is 10.4. The number of benzene rings is 1. The molecule has 0 bridgehead atoms. The largest absolute Gasteiger partial charge is 0.459 e. The molecule has 0 aromatic heterocycles. The second-order valence-electron chi connectivity index (χ2n) is 5.73. The highest BCUT2D eigenvalue weighted by Crippen LogP contribution is 2.21. The molecule has 0 radical (unpaired) electrons. The first kappa shape index (κ1) is 19.0. The molecule has 0 saturated heterocycles. The molecule has 0 fully saturated rings. The van der Waals surface area contributed by atoms with Gasteiger partial charge in [0.25, 0.3) is 0 Å². The van der Waals surface area contributed by atoms with Gasteiger partial charge in [0.1, 0.15) is 18.2 Å². The topological polar surface area (TPSA) is 87.5 Å². The number of hydrogen-bond donors (Lipinski definition) is 0. The van der Waals surface area contributed by atoms with E-state index in [2.05, 4.69) is 0 Å². The van der Waals surface area contributed by atoms with E-state index in [1.807, 2.05) is 0 Å². The van der Waals surface area contributed by atoms with Gasteiger partial charge in [0.2, 0.25) is 10.0 Å². The van der Waals surface area contributed by atoms with Crippen molar-refractivity contribution in [3.8, 4) is 6.07 Å². The van der Waals surface area contributed by atoms with Gasteiger partial charge in [0, 0.05) is 7.05 Å². The number of nitriles is 1. The van der Waals surface area contributed by atoms with Crippen LogP contribution < -0.4 is 0 Å². The highest BCUT2D eigenvalue weighted by atomic mass is 32.2. The molecule has 0 unspecified atom stereocenters. The van der Waals surface area contributed by atoms with Crippen LogP contribution in [0.1, 0.15) is 26.3 Å². The summed E-state index contributed by atoms with van der Waals surface area (Å²) in [6, 6.07) is 2.53. The van der Waals surface area contributed by atoms with Crippen LogP contribution in [0.25, 0.3) is 0 Å². The number of likely N-dealkylation sites (N-methyl/N-ethyl adjacent to an activating group) is 1. The maximum atomic E-state index is 13.4. The van der Waals surface area contributed by atoms with Crippen molar-refractivity contribution in [3.63, 3.8) is 0 Å². The van der Waals surface area contributed by atoms with Gasteiger partial charge in [-0.25, -0.2) is 17.2 Å². The van der Waals surface area contributed by atoms with E-state index in [1.165, 1.54) is 6.07 Å². The Bertz CT molecular complexity index is 764. The lowest BCUT2D eigenvalue weighted by Crippen LogP contribution is -2.36. The van der Waals surface area contributed by atoms with Crippen molar-refractivity contribution in [1.29, 1.82) is 5.26 Å². The molecule has 23 heavy (non-hydrogen) atoms. The molecule has 0 heterocycles. The van der Waals surface area contributed by atoms with Gasteiger partial charge in [-0.3, -0.25) is 4.79 Å². The average molecular weight is 346 g/mol. The minimum absolute atomic E-state index is 0.455. The Labute approximate surface area is 133 Å². The Morgan fingerprint density at radius 3 is 2.39 bits per heavy atom. The zero-order chi connectivity index (χ0) is 18.0. The molecular formula is C14H16F2N2O4S. The number of hydrogen-bond acceptors (Lipinski definition) is 5. The van der Waals surface area contributed by atoms with E-state index in [-0.39, 0.29) is 0 Å². The molecule has 1 aromatic rings. The molecular weight excluding hydrogens is 330 g/mol. The Morgan fingerprint density at radius 2 is 1.91 bits per heavy atom. The lowest BCUT2D eigenvalue weighted by atomic mass is 10.2. The fraction of sp³-hybridized carbons (Fsp3) is 0.429. The molecule has 6 nitrogen and oxygen atoms in total. The van der Waals surface area contributed by atoms with Crippen molar-refractivity contribution >= 4 is 16.0 Å². The third-order valence-electron chi connectivity index (χ3n) is 2.60. The fourth-order valence-corrected chi connectivity index (χ4v) is 2.77. The van der Waals surface area contributed by atoms with Gasteiger partial charge in [0.15, 0.2) is 11.6 Å². The molecule has 0 aliphatic carbocycles. The summed E-state index contributed by atoms with van der Waals surface area (Å²) in [7, 11) is -3.20. The van der Waals surface area contributed by atoms with Crippen molar-refractivity contribution in [2.45, 2.75) is 31.3 Å². The third-order valence-corrected chi connectivity index (χ3v) is 4.38. The molecule has 126 valence electrons. The highest BCUT2D eigenvalue weighted by molar-refractivity contribution is 7.89. The van der Waals surface area contributed by atoms with Gasteiger partial charge in [-0.05, 0) is 32.9 Å². The number of carbonyl (C=O) groups is 1. The fourth-order valence-electron chi connectivity index (χ4n) is 1.61. The summed E-state index contributed by atoms with van der Waals surface area (Å²) < 4.78 is 56.9. The van der Waals surface area contributed by atoms with E-state index >= 15 is 0 Å². The average Bonchev–Trinajstić information content (AvgIpc) is 2.39. The summed E-state index contributed by atoms with van der Waals surface area (Å²) in [5.74, 6) is -3.69. The van der Waals surface area contributed by atoms with E-state index in [0.29, 0.717) is 16.4 Å². The smallest absolute Gasteiger partial charge is 0.321 e. The maximum Gasteiger partial charge on any atom is 0.321 e. The van der Waals surface area contributed by atoms with Crippen LogP contribution in [-0.2, 0) is 19.6 Å². The molecule has 0 aliphatic heterocycles. The standard InChI is InChI=1S/C14H16F2N2O4S/c1-14(2,3)22-12(19)8-18(4)23(20,21)10-5-9(7-17)13(16)11(15)6-10/h5-6H,8H2,1-4H3. The molecule has 0 atom stereocenters. The summed E-state index contributed by atoms with van der Waals surface area (Å²) in [6.45, 7) is 4.25. The molecule has 1 rings (SSSR count). The highest BCUT2D eigenvalue weighted by Gasteiger charge is 2.27. The summed E-state index contributed by atoms with van der Waals surface area (Å²) in [4.78, 5) is 11.1. The van der Waals surface area contributed by atoms with Crippen LogP contribution in [-0.4, -0.2) is 37.9 Å². The van der Waals surface area contributed by atoms with Crippen molar-refractivity contribution in [3.05, 3.63) is 29.3 Å². The lowest BCUT2D eigenvalue weighted by molar-refractivity contribution is -0.154. The summed E-state index contributed by atoms with van der Waals surface area (Å²) in [6.07, 6.45) is 0. The first-order valence-electron chi connectivity index (χ1n) is 6.46. The second-order valence-corrected chi connectivity index (χ2v) is 7.77. The minimum Gasteiger partial charge on any atom is -0.459 e. The number of carbonyl (C=O) groups excluding carboxylic acids is 1. The molecule has 0 amide bonds. The SMILES string of the molecule is CN(CC(=O)OC(C)(C)C)S(=O)(=O)c1cc(F)c(F)c(C#N)c1. The van der Waals surface area contributed by atoms with Gasteiger partial charge in [-0.15, -0.1) is 0 Å². The zero-order valence-electron chi connectivity index (χ0n) is 13.1. The Balaban J connectivity index is 3.10. The van der Waals surface area contributed by atoms with E-state index in [9.17, 15) is 22.0 Å². The van der Waals surface area contributed by atoms with Crippen LogP contribution in [0.15, 0.2) is 17.0 Å². The van der Waals surface area contributed by atoms with Gasteiger partial charge in [-0.2, -0.15) is 9.57 Å². The van der Waals surface area contributed by atoms with Gasteiger partial charge in [0.05, 0.1) is 10.5 Å². The number of sulfonamides is 1. The van der Waals surface area contributed by atoms with Crippen LogP contribution in [0.2, 0.25) is 0 Å². The van der Waals surface area contributed by atoms with Crippen molar-refractivity contribution in [2.75, 3.05) is 13.6 Å². The van der Waals surface area contributed by atoms with E-state index in [1.54, 1.807) is 20.8 Å². The normalized spacial score (nSPS) is 12.1. The number of halogens is 2. The monoisotopic (exact) mass is 346 g/mol. The minimum atomic E-state index is -4.29. The van der Waals surface area contributed by atoms with Crippen LogP contribution in [0.4, 0.5) is 8.78 Å². The predicted molar refractivity (Wildman–Crippen MR) is 76.7 cm³/mol. The Morgan fingerprint density at radius 1 is 1.35 bits per heavy atom. The summed E-state index contributed by atoms with van der Waals surface area (Å²) in [5, 5.41) is 8.71. The van der Waals surface area contributed by atoms with Crippen LogP contribution in [0.3, 0.4) is 0 Å². The number of ether oxygens (including phenoxy) is 1. The molecule has 1 aromatic carbocycles. The van der Waals surface area contributed by atoms with Gasteiger partial charge in [-0.1, -0.05) is 0 Å². The van der Waals surface area contributed by atoms with Gasteiger partial charge >= 0.3 is 5.97 Å². The number of nitrogens with zero attached hydrogens (tertiary/aromatic N) is 2. The number of esters is 1. The van der Waals surface area contributed by atoms with Crippen LogP contribution in [0.5, 0.6) is 0 Å². The quantitative estimate of drug-likeness (QED) is 0.776. The molecule has 0 N–H and O–H groups in total.